The highest BCUT2D eigenvalue weighted by Gasteiger charge is 2.49. The third-order valence-electron chi connectivity index (χ3n) is 6.56. The van der Waals surface area contributed by atoms with Crippen LogP contribution in [0.5, 0.6) is 0 Å². The molecular formula is C22H27N7O3S2. The molecule has 34 heavy (non-hydrogen) atoms. The molecule has 2 atom stereocenters. The lowest BCUT2D eigenvalue weighted by atomic mass is 9.96. The maximum atomic E-state index is 12.8. The molecule has 0 spiro atoms. The highest BCUT2D eigenvalue weighted by atomic mass is 32.2. The van der Waals surface area contributed by atoms with Crippen LogP contribution in [0.1, 0.15) is 19.3 Å². The first-order valence-corrected chi connectivity index (χ1v) is 13.2. The topological polar surface area (TPSA) is 124 Å². The minimum atomic E-state index is -0.556. The number of aromatic nitrogens is 1. The number of hydrogen-bond donors (Lipinski definition) is 2. The molecule has 1 aromatic heterocycles. The van der Waals surface area contributed by atoms with Gasteiger partial charge in [0.15, 0.2) is 22.5 Å². The van der Waals surface area contributed by atoms with Crippen LogP contribution in [0.2, 0.25) is 0 Å². The van der Waals surface area contributed by atoms with Gasteiger partial charge in [0, 0.05) is 38.4 Å². The Balaban J connectivity index is 1.27. The Kier molecular flexibility index (Phi) is 6.34. The van der Waals surface area contributed by atoms with Crippen molar-refractivity contribution in [2.75, 3.05) is 32.4 Å². The Morgan fingerprint density at radius 2 is 2.03 bits per heavy atom. The van der Waals surface area contributed by atoms with Gasteiger partial charge in [-0.2, -0.15) is 0 Å². The van der Waals surface area contributed by atoms with Gasteiger partial charge < -0.3 is 20.4 Å². The number of thiazole rings is 1. The van der Waals surface area contributed by atoms with Crippen molar-refractivity contribution in [2.45, 2.75) is 35.8 Å². The number of nitrogens with zero attached hydrogens (tertiary/aromatic N) is 5. The number of hydrogen-bond acceptors (Lipinski definition) is 9. The number of fused-ring (bicyclic) bond motifs is 2. The smallest absolute Gasteiger partial charge is 0.325 e. The molecule has 10 nitrogen and oxygen atoms in total. The van der Waals surface area contributed by atoms with Crippen LogP contribution in [-0.4, -0.2) is 88.1 Å². The lowest BCUT2D eigenvalue weighted by molar-refractivity contribution is -0.127. The van der Waals surface area contributed by atoms with Gasteiger partial charge in [0.2, 0.25) is 5.91 Å². The Bertz CT molecular complexity index is 1110. The molecule has 3 aliphatic heterocycles. The van der Waals surface area contributed by atoms with E-state index in [4.69, 9.17) is 10.7 Å². The second-order valence-corrected chi connectivity index (χ2v) is 11.1. The molecule has 0 radical (unpaired) electrons. The highest BCUT2D eigenvalue weighted by molar-refractivity contribution is 8.01. The minimum Gasteiger partial charge on any atom is -0.369 e. The van der Waals surface area contributed by atoms with Crippen molar-refractivity contribution in [1.82, 2.24) is 25.0 Å². The van der Waals surface area contributed by atoms with E-state index < -0.39 is 18.2 Å². The molecule has 0 saturated carbocycles. The molecule has 0 aliphatic carbocycles. The second kappa shape index (κ2) is 9.41. The largest absolute Gasteiger partial charge is 0.369 e. The van der Waals surface area contributed by atoms with Crippen LogP contribution in [0.15, 0.2) is 33.6 Å². The zero-order chi connectivity index (χ0) is 23.8. The number of para-hydroxylation sites is 1. The number of primary amides is 1. The van der Waals surface area contributed by atoms with E-state index in [-0.39, 0.29) is 17.7 Å². The highest BCUT2D eigenvalue weighted by Crippen LogP contribution is 2.31. The number of imide groups is 1. The van der Waals surface area contributed by atoms with Crippen molar-refractivity contribution >= 4 is 57.1 Å². The molecular weight excluding hydrogens is 474 g/mol. The van der Waals surface area contributed by atoms with E-state index >= 15 is 0 Å². The Morgan fingerprint density at radius 1 is 1.26 bits per heavy atom. The fourth-order valence-corrected chi connectivity index (χ4v) is 6.75. The number of likely N-dealkylation sites (tertiary alicyclic amines) is 1. The van der Waals surface area contributed by atoms with Gasteiger partial charge in [0.25, 0.3) is 5.91 Å². The van der Waals surface area contributed by atoms with E-state index in [1.54, 1.807) is 30.1 Å². The molecule has 12 heteroatoms. The SMILES string of the molecule is CN1C(=O)NC(=O)C2C1N=C(N1CCC(C(N)=O)CC1)N2CCCSc1nc2ccccc2s1. The van der Waals surface area contributed by atoms with E-state index in [0.717, 1.165) is 28.0 Å². The van der Waals surface area contributed by atoms with E-state index in [9.17, 15) is 14.4 Å². The molecule has 4 heterocycles. The van der Waals surface area contributed by atoms with Crippen LogP contribution in [-0.2, 0) is 9.59 Å². The van der Waals surface area contributed by atoms with Crippen molar-refractivity contribution in [1.29, 1.82) is 0 Å². The van der Waals surface area contributed by atoms with Gasteiger partial charge in [-0.15, -0.1) is 11.3 Å². The van der Waals surface area contributed by atoms with Crippen molar-refractivity contribution in [2.24, 2.45) is 16.6 Å². The summed E-state index contributed by atoms with van der Waals surface area (Å²) < 4.78 is 2.21. The summed E-state index contributed by atoms with van der Waals surface area (Å²) in [5.41, 5.74) is 6.50. The zero-order valence-electron chi connectivity index (χ0n) is 18.8. The van der Waals surface area contributed by atoms with Gasteiger partial charge >= 0.3 is 6.03 Å². The van der Waals surface area contributed by atoms with Crippen molar-refractivity contribution in [3.8, 4) is 0 Å². The summed E-state index contributed by atoms with van der Waals surface area (Å²) in [6.45, 7) is 1.91. The van der Waals surface area contributed by atoms with E-state index in [1.165, 1.54) is 9.60 Å². The maximum Gasteiger partial charge on any atom is 0.325 e. The van der Waals surface area contributed by atoms with Crippen molar-refractivity contribution in [3.05, 3.63) is 24.3 Å². The molecule has 3 aliphatic rings. The molecule has 0 bridgehead atoms. The third kappa shape index (κ3) is 4.31. The molecule has 2 saturated heterocycles. The second-order valence-electron chi connectivity index (χ2n) is 8.70. The number of nitrogens with two attached hydrogens (primary N) is 1. The molecule has 4 amide bonds. The number of rotatable bonds is 6. The minimum absolute atomic E-state index is 0.133. The van der Waals surface area contributed by atoms with Crippen LogP contribution >= 0.6 is 23.1 Å². The van der Waals surface area contributed by atoms with E-state index in [2.05, 4.69) is 21.3 Å². The van der Waals surface area contributed by atoms with Gasteiger partial charge in [-0.3, -0.25) is 14.9 Å². The van der Waals surface area contributed by atoms with Crippen LogP contribution in [0.25, 0.3) is 10.2 Å². The molecule has 3 N–H and O–H groups in total. The van der Waals surface area contributed by atoms with Crippen molar-refractivity contribution in [3.63, 3.8) is 0 Å². The Hall–Kier alpha value is -2.86. The number of likely N-dealkylation sites (N-methyl/N-ethyl adjacent to an activating group) is 1. The number of thioether (sulfide) groups is 1. The normalized spacial score (nSPS) is 23.3. The molecule has 5 rings (SSSR count). The lowest BCUT2D eigenvalue weighted by Gasteiger charge is -2.39. The third-order valence-corrected chi connectivity index (χ3v) is 8.83. The molecule has 180 valence electrons. The summed E-state index contributed by atoms with van der Waals surface area (Å²) in [6, 6.07) is 7.11. The average Bonchev–Trinajstić information content (AvgIpc) is 3.42. The van der Waals surface area contributed by atoms with Gasteiger partial charge in [-0.25, -0.2) is 14.8 Å². The summed E-state index contributed by atoms with van der Waals surface area (Å²) in [6.07, 6.45) is 1.59. The summed E-state index contributed by atoms with van der Waals surface area (Å²) in [5.74, 6) is 0.848. The first-order valence-electron chi connectivity index (χ1n) is 11.4. The number of benzene rings is 1. The predicted octanol–water partition coefficient (Wildman–Crippen LogP) is 1.52. The summed E-state index contributed by atoms with van der Waals surface area (Å²) in [4.78, 5) is 51.7. The van der Waals surface area contributed by atoms with Crippen LogP contribution in [0, 0.1) is 5.92 Å². The average molecular weight is 502 g/mol. The fourth-order valence-electron chi connectivity index (χ4n) is 4.68. The monoisotopic (exact) mass is 501 g/mol. The summed E-state index contributed by atoms with van der Waals surface area (Å²) >= 11 is 3.40. The lowest BCUT2D eigenvalue weighted by Crippen LogP contribution is -2.64. The van der Waals surface area contributed by atoms with E-state index in [0.29, 0.717) is 32.5 Å². The van der Waals surface area contributed by atoms with Gasteiger partial charge in [-0.05, 0) is 31.4 Å². The summed E-state index contributed by atoms with van der Waals surface area (Å²) in [7, 11) is 1.66. The molecule has 2 unspecified atom stereocenters. The number of urea groups is 1. The molecule has 1 aromatic carbocycles. The number of carbonyl (C=O) groups excluding carboxylic acids is 3. The molecule has 2 aromatic rings. The number of nitrogens with one attached hydrogen (secondary N) is 1. The van der Waals surface area contributed by atoms with E-state index in [1.807, 2.05) is 23.1 Å². The molecule has 2 fully saturated rings. The van der Waals surface area contributed by atoms with Gasteiger partial charge in [0.05, 0.1) is 10.2 Å². The quantitative estimate of drug-likeness (QED) is 0.454. The number of amides is 4. The number of guanidine groups is 1. The first kappa shape index (κ1) is 22.9. The Morgan fingerprint density at radius 3 is 2.76 bits per heavy atom. The van der Waals surface area contributed by atoms with Gasteiger partial charge in [0.1, 0.15) is 0 Å². The van der Waals surface area contributed by atoms with Gasteiger partial charge in [-0.1, -0.05) is 23.9 Å². The summed E-state index contributed by atoms with van der Waals surface area (Å²) in [5, 5.41) is 2.45. The van der Waals surface area contributed by atoms with Crippen molar-refractivity contribution < 1.29 is 14.4 Å². The zero-order valence-corrected chi connectivity index (χ0v) is 20.5. The standard InChI is InChI=1S/C22H27N7O3S2/c1-27-18-16(19(31)26-21(27)32)29(20(25-18)28-10-7-13(8-11-28)17(23)30)9-4-12-33-22-24-14-5-2-3-6-15(14)34-22/h2-3,5-6,13,16,18H,4,7-12H2,1H3,(H2,23,30)(H,26,31,32). The number of carbonyl (C=O) groups is 3. The van der Waals surface area contributed by atoms with Crippen LogP contribution in [0.3, 0.4) is 0 Å². The number of aliphatic imine (C=N–C) groups is 1. The predicted molar refractivity (Wildman–Crippen MR) is 131 cm³/mol. The fraction of sp³-hybridized carbons (Fsp3) is 0.500. The van der Waals surface area contributed by atoms with Crippen LogP contribution < -0.4 is 11.1 Å². The van der Waals surface area contributed by atoms with Crippen LogP contribution in [0.4, 0.5) is 4.79 Å². The maximum absolute atomic E-state index is 12.8. The number of piperidine rings is 1. The Labute approximate surface area is 205 Å². The first-order chi connectivity index (χ1) is 16.4.